The van der Waals surface area contributed by atoms with E-state index in [4.69, 9.17) is 5.11 Å². The fourth-order valence-electron chi connectivity index (χ4n) is 1.58. The minimum atomic E-state index is 0.0205. The van der Waals surface area contributed by atoms with Gasteiger partial charge in [-0.25, -0.2) is 0 Å². The first-order valence-corrected chi connectivity index (χ1v) is 5.54. The fourth-order valence-corrected chi connectivity index (χ4v) is 1.58. The van der Waals surface area contributed by atoms with E-state index in [1.165, 1.54) is 11.1 Å². The number of amides is 1. The molecule has 0 heterocycles. The normalized spacial score (nSPS) is 10.2. The smallest absolute Gasteiger partial charge is 0.222 e. The molecule has 0 atom stereocenters. The fraction of sp³-hybridized carbons (Fsp3) is 0.462. The number of aliphatic hydroxyl groups is 1. The predicted molar refractivity (Wildman–Crippen MR) is 64.2 cm³/mol. The molecular weight excluding hydrogens is 202 g/mol. The van der Waals surface area contributed by atoms with E-state index in [-0.39, 0.29) is 12.5 Å². The van der Waals surface area contributed by atoms with Crippen LogP contribution in [0.2, 0.25) is 0 Å². The van der Waals surface area contributed by atoms with E-state index in [1.54, 1.807) is 11.9 Å². The number of hydrogen-bond donors (Lipinski definition) is 1. The summed E-state index contributed by atoms with van der Waals surface area (Å²) in [6.07, 6.45) is 1.26. The lowest BCUT2D eigenvalue weighted by molar-refractivity contribution is -0.130. The molecule has 1 rings (SSSR count). The molecule has 3 heteroatoms. The van der Waals surface area contributed by atoms with Crippen LogP contribution >= 0.6 is 0 Å². The monoisotopic (exact) mass is 221 g/mol. The summed E-state index contributed by atoms with van der Waals surface area (Å²) in [6.45, 7) is 2.47. The number of carbonyl (C=O) groups excluding carboxylic acids is 1. The minimum absolute atomic E-state index is 0.0205. The van der Waals surface area contributed by atoms with Gasteiger partial charge in [0.15, 0.2) is 0 Å². The van der Waals surface area contributed by atoms with Crippen LogP contribution in [0.1, 0.15) is 17.5 Å². The number of aliphatic hydroxyl groups excluding tert-OH is 1. The van der Waals surface area contributed by atoms with Gasteiger partial charge in [0, 0.05) is 20.0 Å². The molecule has 0 saturated carbocycles. The quantitative estimate of drug-likeness (QED) is 0.816. The number of aryl methyl sites for hydroxylation is 2. The molecule has 0 fully saturated rings. The van der Waals surface area contributed by atoms with E-state index in [0.29, 0.717) is 13.0 Å². The second kappa shape index (κ2) is 6.28. The van der Waals surface area contributed by atoms with Gasteiger partial charge in [0.2, 0.25) is 5.91 Å². The van der Waals surface area contributed by atoms with Gasteiger partial charge in [0.25, 0.3) is 0 Å². The van der Waals surface area contributed by atoms with E-state index >= 15 is 0 Å². The highest BCUT2D eigenvalue weighted by Crippen LogP contribution is 2.07. The summed E-state index contributed by atoms with van der Waals surface area (Å²) in [4.78, 5) is 13.2. The van der Waals surface area contributed by atoms with E-state index < -0.39 is 0 Å². The summed E-state index contributed by atoms with van der Waals surface area (Å²) < 4.78 is 0. The lowest BCUT2D eigenvalue weighted by Crippen LogP contribution is -2.29. The van der Waals surface area contributed by atoms with Gasteiger partial charge in [0.1, 0.15) is 0 Å². The zero-order valence-corrected chi connectivity index (χ0v) is 9.94. The number of nitrogens with zero attached hydrogens (tertiary/aromatic N) is 1. The molecule has 0 unspecified atom stereocenters. The van der Waals surface area contributed by atoms with Gasteiger partial charge in [-0.15, -0.1) is 0 Å². The van der Waals surface area contributed by atoms with E-state index in [0.717, 1.165) is 6.42 Å². The van der Waals surface area contributed by atoms with Gasteiger partial charge >= 0.3 is 0 Å². The van der Waals surface area contributed by atoms with Crippen molar-refractivity contribution in [3.63, 3.8) is 0 Å². The summed E-state index contributed by atoms with van der Waals surface area (Å²) in [5.74, 6) is 0.0792. The summed E-state index contributed by atoms with van der Waals surface area (Å²) in [6, 6.07) is 8.18. The summed E-state index contributed by atoms with van der Waals surface area (Å²) in [7, 11) is 1.72. The summed E-state index contributed by atoms with van der Waals surface area (Å²) in [5, 5.41) is 8.71. The molecule has 0 bridgehead atoms. The maximum absolute atomic E-state index is 11.6. The molecule has 0 radical (unpaired) electrons. The zero-order chi connectivity index (χ0) is 12.0. The first-order chi connectivity index (χ1) is 7.63. The molecule has 1 aromatic rings. The maximum Gasteiger partial charge on any atom is 0.222 e. The van der Waals surface area contributed by atoms with Gasteiger partial charge in [-0.1, -0.05) is 29.8 Å². The third-order valence-electron chi connectivity index (χ3n) is 2.57. The van der Waals surface area contributed by atoms with Gasteiger partial charge in [-0.2, -0.15) is 0 Å². The molecule has 88 valence electrons. The highest BCUT2D eigenvalue weighted by atomic mass is 16.3. The lowest BCUT2D eigenvalue weighted by Gasteiger charge is -2.15. The van der Waals surface area contributed by atoms with Crippen LogP contribution in [0, 0.1) is 6.92 Å². The number of benzene rings is 1. The lowest BCUT2D eigenvalue weighted by atomic mass is 10.1. The molecule has 0 spiro atoms. The standard InChI is InChI=1S/C13H19NO2/c1-11-4-3-5-12(10-11)6-7-13(16)14(2)8-9-15/h3-5,10,15H,6-9H2,1-2H3. The highest BCUT2D eigenvalue weighted by molar-refractivity contribution is 5.76. The Labute approximate surface area is 96.7 Å². The first-order valence-electron chi connectivity index (χ1n) is 5.54. The largest absolute Gasteiger partial charge is 0.395 e. The number of carbonyl (C=O) groups is 1. The van der Waals surface area contributed by atoms with Crippen molar-refractivity contribution in [2.24, 2.45) is 0 Å². The molecule has 0 aliphatic carbocycles. The SMILES string of the molecule is Cc1cccc(CCC(=O)N(C)CCO)c1. The molecule has 0 aliphatic heterocycles. The average Bonchev–Trinajstić information content (AvgIpc) is 2.26. The van der Waals surface area contributed by atoms with E-state index in [1.807, 2.05) is 25.1 Å². The van der Waals surface area contributed by atoms with Crippen molar-refractivity contribution in [1.82, 2.24) is 4.90 Å². The second-order valence-electron chi connectivity index (χ2n) is 4.03. The predicted octanol–water partition coefficient (Wildman–Crippen LogP) is 1.38. The van der Waals surface area contributed by atoms with E-state index in [9.17, 15) is 4.79 Å². The number of hydrogen-bond acceptors (Lipinski definition) is 2. The van der Waals surface area contributed by atoms with Gasteiger partial charge in [-0.3, -0.25) is 4.79 Å². The highest BCUT2D eigenvalue weighted by Gasteiger charge is 2.07. The summed E-state index contributed by atoms with van der Waals surface area (Å²) in [5.41, 5.74) is 2.40. The van der Waals surface area contributed by atoms with Crippen molar-refractivity contribution >= 4 is 5.91 Å². The van der Waals surface area contributed by atoms with Crippen molar-refractivity contribution in [2.75, 3.05) is 20.2 Å². The topological polar surface area (TPSA) is 40.5 Å². The van der Waals surface area contributed by atoms with Crippen molar-refractivity contribution < 1.29 is 9.90 Å². The Hall–Kier alpha value is -1.35. The van der Waals surface area contributed by atoms with Crippen LogP contribution in [0.15, 0.2) is 24.3 Å². The molecule has 0 aliphatic rings. The van der Waals surface area contributed by atoms with Crippen LogP contribution in [0.5, 0.6) is 0 Å². The molecule has 1 amide bonds. The van der Waals surface area contributed by atoms with Crippen LogP contribution in [0.4, 0.5) is 0 Å². The number of likely N-dealkylation sites (N-methyl/N-ethyl adjacent to an activating group) is 1. The van der Waals surface area contributed by atoms with Crippen LogP contribution < -0.4 is 0 Å². The maximum atomic E-state index is 11.6. The van der Waals surface area contributed by atoms with Gasteiger partial charge < -0.3 is 10.0 Å². The third kappa shape index (κ3) is 4.03. The number of rotatable bonds is 5. The van der Waals surface area contributed by atoms with Crippen LogP contribution in [0.3, 0.4) is 0 Å². The molecule has 16 heavy (non-hydrogen) atoms. The summed E-state index contributed by atoms with van der Waals surface area (Å²) >= 11 is 0. The molecule has 0 saturated heterocycles. The van der Waals surface area contributed by atoms with Gasteiger partial charge in [0.05, 0.1) is 6.61 Å². The van der Waals surface area contributed by atoms with Crippen LogP contribution in [-0.2, 0) is 11.2 Å². The first kappa shape index (κ1) is 12.7. The molecule has 3 nitrogen and oxygen atoms in total. The molecule has 1 aromatic carbocycles. The zero-order valence-electron chi connectivity index (χ0n) is 9.94. The van der Waals surface area contributed by atoms with Crippen LogP contribution in [-0.4, -0.2) is 36.1 Å². The Morgan fingerprint density at radius 1 is 1.44 bits per heavy atom. The third-order valence-corrected chi connectivity index (χ3v) is 2.57. The second-order valence-corrected chi connectivity index (χ2v) is 4.03. The average molecular weight is 221 g/mol. The molecule has 1 N–H and O–H groups in total. The van der Waals surface area contributed by atoms with Crippen molar-refractivity contribution in [3.05, 3.63) is 35.4 Å². The molecule has 0 aromatic heterocycles. The van der Waals surface area contributed by atoms with Gasteiger partial charge in [-0.05, 0) is 18.9 Å². The van der Waals surface area contributed by atoms with Crippen molar-refractivity contribution in [2.45, 2.75) is 19.8 Å². The van der Waals surface area contributed by atoms with Crippen molar-refractivity contribution in [1.29, 1.82) is 0 Å². The Morgan fingerprint density at radius 2 is 2.19 bits per heavy atom. The molecular formula is C13H19NO2. The minimum Gasteiger partial charge on any atom is -0.395 e. The van der Waals surface area contributed by atoms with Crippen molar-refractivity contribution in [3.8, 4) is 0 Å². The Morgan fingerprint density at radius 3 is 2.81 bits per heavy atom. The Kier molecular flexibility index (Phi) is 4.99. The van der Waals surface area contributed by atoms with Crippen LogP contribution in [0.25, 0.3) is 0 Å². The Bertz CT molecular complexity index is 350. The Balaban J connectivity index is 2.42. The van der Waals surface area contributed by atoms with E-state index in [2.05, 4.69) is 6.07 Å².